The van der Waals surface area contributed by atoms with Crippen molar-refractivity contribution in [2.45, 2.75) is 57.8 Å². The lowest BCUT2D eigenvalue weighted by Gasteiger charge is -2.21. The Morgan fingerprint density at radius 1 is 1.15 bits per heavy atom. The summed E-state index contributed by atoms with van der Waals surface area (Å²) in [5, 5.41) is 3.80. The second-order valence-corrected chi connectivity index (χ2v) is 10.3. The SMILES string of the molecule is O=C(NC1CC1)c1ccc(CN(Cc2nc3sc4c(c3c(=O)[nH]2)CCC4)Cc2ccco2)cc1. The van der Waals surface area contributed by atoms with E-state index in [1.807, 2.05) is 36.4 Å². The van der Waals surface area contributed by atoms with Gasteiger partial charge in [-0.1, -0.05) is 12.1 Å². The van der Waals surface area contributed by atoms with Crippen molar-refractivity contribution in [3.05, 3.63) is 86.2 Å². The van der Waals surface area contributed by atoms with Gasteiger partial charge in [0.05, 0.1) is 24.7 Å². The summed E-state index contributed by atoms with van der Waals surface area (Å²) >= 11 is 1.66. The molecule has 0 bridgehead atoms. The van der Waals surface area contributed by atoms with Crippen molar-refractivity contribution in [1.82, 2.24) is 20.2 Å². The fourth-order valence-electron chi connectivity index (χ4n) is 4.64. The number of H-pyrrole nitrogens is 1. The van der Waals surface area contributed by atoms with Gasteiger partial charge in [0, 0.05) is 23.0 Å². The minimum absolute atomic E-state index is 0.0144. The van der Waals surface area contributed by atoms with Crippen LogP contribution in [-0.2, 0) is 32.5 Å². The molecule has 2 aliphatic rings. The highest BCUT2D eigenvalue weighted by molar-refractivity contribution is 7.18. The smallest absolute Gasteiger partial charge is 0.259 e. The summed E-state index contributed by atoms with van der Waals surface area (Å²) in [4.78, 5) is 37.4. The highest BCUT2D eigenvalue weighted by atomic mass is 32.1. The van der Waals surface area contributed by atoms with E-state index in [1.54, 1.807) is 17.6 Å². The van der Waals surface area contributed by atoms with Crippen molar-refractivity contribution in [3.63, 3.8) is 0 Å². The average molecular weight is 475 g/mol. The fourth-order valence-corrected chi connectivity index (χ4v) is 5.92. The van der Waals surface area contributed by atoms with Crippen molar-refractivity contribution < 1.29 is 9.21 Å². The van der Waals surface area contributed by atoms with Gasteiger partial charge in [-0.3, -0.25) is 14.5 Å². The van der Waals surface area contributed by atoms with Crippen molar-refractivity contribution >= 4 is 27.5 Å². The number of furan rings is 1. The van der Waals surface area contributed by atoms with Gasteiger partial charge in [0.25, 0.3) is 11.5 Å². The molecular weight excluding hydrogens is 448 g/mol. The lowest BCUT2D eigenvalue weighted by molar-refractivity contribution is 0.0951. The first-order chi connectivity index (χ1) is 16.6. The number of carbonyl (C=O) groups excluding carboxylic acids is 1. The maximum Gasteiger partial charge on any atom is 0.259 e. The Hall–Kier alpha value is -3.23. The van der Waals surface area contributed by atoms with Gasteiger partial charge in [-0.2, -0.15) is 0 Å². The quantitative estimate of drug-likeness (QED) is 0.400. The molecule has 0 unspecified atom stereocenters. The maximum absolute atomic E-state index is 12.9. The average Bonchev–Trinajstić information content (AvgIpc) is 3.17. The molecule has 174 valence electrons. The summed E-state index contributed by atoms with van der Waals surface area (Å²) in [6.45, 7) is 1.70. The van der Waals surface area contributed by atoms with E-state index in [0.717, 1.165) is 53.6 Å². The van der Waals surface area contributed by atoms with Gasteiger partial charge in [0.2, 0.25) is 0 Å². The van der Waals surface area contributed by atoms with Gasteiger partial charge in [-0.05, 0) is 67.5 Å². The third-order valence-corrected chi connectivity index (χ3v) is 7.68. The summed E-state index contributed by atoms with van der Waals surface area (Å²) in [6, 6.07) is 11.9. The molecule has 1 aromatic carbocycles. The Morgan fingerprint density at radius 2 is 2.00 bits per heavy atom. The van der Waals surface area contributed by atoms with Crippen LogP contribution >= 0.6 is 11.3 Å². The van der Waals surface area contributed by atoms with Crippen LogP contribution in [0.15, 0.2) is 51.9 Å². The minimum Gasteiger partial charge on any atom is -0.468 e. The molecule has 8 heteroatoms. The van der Waals surface area contributed by atoms with Crippen LogP contribution in [0.25, 0.3) is 10.2 Å². The van der Waals surface area contributed by atoms with Crippen LogP contribution in [0.4, 0.5) is 0 Å². The molecule has 2 N–H and O–H groups in total. The van der Waals surface area contributed by atoms with E-state index >= 15 is 0 Å². The Balaban J connectivity index is 1.23. The van der Waals surface area contributed by atoms with E-state index in [4.69, 9.17) is 9.40 Å². The number of amides is 1. The van der Waals surface area contributed by atoms with Crippen molar-refractivity contribution in [2.24, 2.45) is 0 Å². The molecule has 0 radical (unpaired) electrons. The van der Waals surface area contributed by atoms with Gasteiger partial charge >= 0.3 is 0 Å². The number of thiophene rings is 1. The molecule has 6 rings (SSSR count). The zero-order chi connectivity index (χ0) is 23.1. The second-order valence-electron chi connectivity index (χ2n) is 9.22. The van der Waals surface area contributed by atoms with Crippen LogP contribution in [0, 0.1) is 0 Å². The molecular formula is C26H26N4O3S. The third kappa shape index (κ3) is 4.43. The third-order valence-electron chi connectivity index (χ3n) is 6.49. The Kier molecular flexibility index (Phi) is 5.55. The van der Waals surface area contributed by atoms with Gasteiger partial charge in [0.15, 0.2) is 0 Å². The van der Waals surface area contributed by atoms with E-state index in [9.17, 15) is 9.59 Å². The Morgan fingerprint density at radius 3 is 2.76 bits per heavy atom. The van der Waals surface area contributed by atoms with Gasteiger partial charge < -0.3 is 14.7 Å². The molecule has 0 spiro atoms. The number of carbonyl (C=O) groups is 1. The molecule has 0 aliphatic heterocycles. The van der Waals surface area contributed by atoms with E-state index in [2.05, 4.69) is 15.2 Å². The van der Waals surface area contributed by atoms with Crippen molar-refractivity contribution in [1.29, 1.82) is 0 Å². The largest absolute Gasteiger partial charge is 0.468 e. The molecule has 3 aromatic heterocycles. The summed E-state index contributed by atoms with van der Waals surface area (Å²) in [6.07, 6.45) is 6.95. The van der Waals surface area contributed by atoms with E-state index in [-0.39, 0.29) is 11.5 Å². The number of hydrogen-bond acceptors (Lipinski definition) is 6. The molecule has 1 fully saturated rings. The summed E-state index contributed by atoms with van der Waals surface area (Å²) in [7, 11) is 0. The molecule has 1 amide bonds. The maximum atomic E-state index is 12.9. The Bertz CT molecular complexity index is 1380. The lowest BCUT2D eigenvalue weighted by Crippen LogP contribution is -2.26. The molecule has 7 nitrogen and oxygen atoms in total. The topological polar surface area (TPSA) is 91.2 Å². The van der Waals surface area contributed by atoms with Crippen LogP contribution in [0.3, 0.4) is 0 Å². The minimum atomic E-state index is -0.0385. The number of aromatic nitrogens is 2. The van der Waals surface area contributed by atoms with Crippen LogP contribution in [-0.4, -0.2) is 26.8 Å². The summed E-state index contributed by atoms with van der Waals surface area (Å²) in [5.41, 5.74) is 2.91. The predicted molar refractivity (Wildman–Crippen MR) is 131 cm³/mol. The van der Waals surface area contributed by atoms with Gasteiger partial charge in [0.1, 0.15) is 16.4 Å². The number of nitrogens with zero attached hydrogens (tertiary/aromatic N) is 2. The molecule has 3 heterocycles. The number of benzene rings is 1. The first-order valence-electron chi connectivity index (χ1n) is 11.8. The van der Waals surface area contributed by atoms with Gasteiger partial charge in [-0.15, -0.1) is 11.3 Å². The zero-order valence-corrected chi connectivity index (χ0v) is 19.6. The summed E-state index contributed by atoms with van der Waals surface area (Å²) in [5.74, 6) is 1.49. The summed E-state index contributed by atoms with van der Waals surface area (Å²) < 4.78 is 5.58. The highest BCUT2D eigenvalue weighted by Gasteiger charge is 2.24. The lowest BCUT2D eigenvalue weighted by atomic mass is 10.1. The first kappa shape index (κ1) is 21.3. The fraction of sp³-hybridized carbons (Fsp3) is 0.346. The number of fused-ring (bicyclic) bond motifs is 3. The highest BCUT2D eigenvalue weighted by Crippen LogP contribution is 2.34. The van der Waals surface area contributed by atoms with Crippen molar-refractivity contribution in [3.8, 4) is 0 Å². The van der Waals surface area contributed by atoms with Crippen molar-refractivity contribution in [2.75, 3.05) is 0 Å². The van der Waals surface area contributed by atoms with Crippen LogP contribution in [0.2, 0.25) is 0 Å². The molecule has 0 atom stereocenters. The zero-order valence-electron chi connectivity index (χ0n) is 18.8. The Labute approximate surface area is 200 Å². The number of aryl methyl sites for hydroxylation is 2. The van der Waals surface area contributed by atoms with Crippen LogP contribution in [0.1, 0.15) is 57.2 Å². The van der Waals surface area contributed by atoms with Crippen LogP contribution in [0.5, 0.6) is 0 Å². The molecule has 34 heavy (non-hydrogen) atoms. The second kappa shape index (κ2) is 8.85. The molecule has 4 aromatic rings. The molecule has 0 saturated heterocycles. The number of aromatic amines is 1. The number of rotatable bonds is 8. The monoisotopic (exact) mass is 474 g/mol. The van der Waals surface area contributed by atoms with E-state index in [1.165, 1.54) is 10.4 Å². The number of hydrogen-bond donors (Lipinski definition) is 2. The van der Waals surface area contributed by atoms with Gasteiger partial charge in [-0.25, -0.2) is 4.98 Å². The predicted octanol–water partition coefficient (Wildman–Crippen LogP) is 4.16. The van der Waals surface area contributed by atoms with E-state index < -0.39 is 0 Å². The number of nitrogens with one attached hydrogen (secondary N) is 2. The molecule has 1 saturated carbocycles. The standard InChI is InChI=1S/C26H26N4O3S/c31-24(27-18-10-11-18)17-8-6-16(7-9-17)13-30(14-19-3-2-12-33-19)15-22-28-25(32)23-20-4-1-5-21(20)34-26(23)29-22/h2-3,6-9,12,18H,1,4-5,10-11,13-15H2,(H,27,31)(H,28,29,32). The molecule has 2 aliphatic carbocycles. The first-order valence-corrected chi connectivity index (χ1v) is 12.6. The van der Waals surface area contributed by atoms with E-state index in [0.29, 0.717) is 37.1 Å². The normalized spacial score (nSPS) is 15.2. The van der Waals surface area contributed by atoms with Crippen LogP contribution < -0.4 is 10.9 Å².